The molecule has 7 heteroatoms. The van der Waals surface area contributed by atoms with E-state index < -0.39 is 5.97 Å². The predicted octanol–water partition coefficient (Wildman–Crippen LogP) is 1.87. The number of rotatable bonds is 6. The third-order valence-corrected chi connectivity index (χ3v) is 5.22. The minimum absolute atomic E-state index is 0.0400. The highest BCUT2D eigenvalue weighted by atomic mass is 19.1. The van der Waals surface area contributed by atoms with Crippen molar-refractivity contribution in [3.05, 3.63) is 35.6 Å². The maximum absolute atomic E-state index is 13.7. The van der Waals surface area contributed by atoms with Crippen LogP contribution in [-0.2, 0) is 4.79 Å². The number of carbonyl (C=O) groups is 2. The number of likely N-dealkylation sites (N-methyl/N-ethyl adjacent to an activating group) is 1. The first-order valence-corrected chi connectivity index (χ1v) is 8.73. The van der Waals surface area contributed by atoms with E-state index in [0.29, 0.717) is 25.2 Å². The molecule has 2 fully saturated rings. The zero-order valence-corrected chi connectivity index (χ0v) is 14.3. The van der Waals surface area contributed by atoms with Crippen LogP contribution in [0.5, 0.6) is 0 Å². The Kier molecular flexibility index (Phi) is 5.22. The molecule has 25 heavy (non-hydrogen) atoms. The summed E-state index contributed by atoms with van der Waals surface area (Å²) in [5, 5.41) is 11.9. The summed E-state index contributed by atoms with van der Waals surface area (Å²) in [7, 11) is 0. The standard InChI is InChI=1S/C18H24FN3O3/c1-2-21(11-17(23)24)14-7-13(8-14)20-18(25)22-9-12(10-22)15-5-3-4-6-16(15)19/h3-6,12-14H,2,7-11H2,1H3,(H,20,25)(H,23,24). The quantitative estimate of drug-likeness (QED) is 0.822. The molecule has 0 radical (unpaired) electrons. The van der Waals surface area contributed by atoms with Crippen molar-refractivity contribution in [2.75, 3.05) is 26.2 Å². The predicted molar refractivity (Wildman–Crippen MR) is 90.9 cm³/mol. The Bertz CT molecular complexity index is 642. The number of carbonyl (C=O) groups excluding carboxylic acids is 1. The number of hydrogen-bond donors (Lipinski definition) is 2. The second kappa shape index (κ2) is 7.39. The molecule has 1 saturated carbocycles. The number of benzene rings is 1. The van der Waals surface area contributed by atoms with Crippen molar-refractivity contribution in [3.8, 4) is 0 Å². The van der Waals surface area contributed by atoms with Gasteiger partial charge in [0, 0.05) is 31.1 Å². The number of likely N-dealkylation sites (tertiary alicyclic amines) is 1. The topological polar surface area (TPSA) is 72.9 Å². The average molecular weight is 349 g/mol. The number of carboxylic acids is 1. The molecule has 0 unspecified atom stereocenters. The molecule has 136 valence electrons. The van der Waals surface area contributed by atoms with E-state index >= 15 is 0 Å². The van der Waals surface area contributed by atoms with Crippen molar-refractivity contribution < 1.29 is 19.1 Å². The van der Waals surface area contributed by atoms with Crippen molar-refractivity contribution in [2.45, 2.75) is 37.8 Å². The Morgan fingerprint density at radius 1 is 1.32 bits per heavy atom. The van der Waals surface area contributed by atoms with Gasteiger partial charge in [-0.2, -0.15) is 0 Å². The molecule has 2 N–H and O–H groups in total. The van der Waals surface area contributed by atoms with Crippen molar-refractivity contribution in [1.29, 1.82) is 0 Å². The molecule has 0 aromatic heterocycles. The highest BCUT2D eigenvalue weighted by Crippen LogP contribution is 2.30. The Morgan fingerprint density at radius 2 is 2.00 bits per heavy atom. The fraction of sp³-hybridized carbons (Fsp3) is 0.556. The lowest BCUT2D eigenvalue weighted by molar-refractivity contribution is -0.139. The van der Waals surface area contributed by atoms with Crippen LogP contribution < -0.4 is 5.32 Å². The smallest absolute Gasteiger partial charge is 0.317 e. The summed E-state index contributed by atoms with van der Waals surface area (Å²) < 4.78 is 13.7. The van der Waals surface area contributed by atoms with E-state index in [1.165, 1.54) is 6.07 Å². The van der Waals surface area contributed by atoms with Crippen molar-refractivity contribution in [2.24, 2.45) is 0 Å². The van der Waals surface area contributed by atoms with Crippen LogP contribution in [0.2, 0.25) is 0 Å². The third-order valence-electron chi connectivity index (χ3n) is 5.22. The van der Waals surface area contributed by atoms with Crippen molar-refractivity contribution >= 4 is 12.0 Å². The molecule has 2 aliphatic rings. The number of nitrogens with one attached hydrogen (secondary N) is 1. The molecule has 1 aliphatic heterocycles. The maximum atomic E-state index is 13.7. The van der Waals surface area contributed by atoms with Crippen LogP contribution >= 0.6 is 0 Å². The number of amides is 2. The number of halogens is 1. The number of nitrogens with zero attached hydrogens (tertiary/aromatic N) is 2. The Morgan fingerprint density at radius 3 is 2.60 bits per heavy atom. The lowest BCUT2D eigenvalue weighted by Crippen LogP contribution is -2.59. The minimum Gasteiger partial charge on any atom is -0.480 e. The number of urea groups is 1. The zero-order valence-electron chi connectivity index (χ0n) is 14.3. The maximum Gasteiger partial charge on any atom is 0.317 e. The average Bonchev–Trinajstić information content (AvgIpc) is 2.48. The molecule has 0 atom stereocenters. The van der Waals surface area contributed by atoms with Gasteiger partial charge in [-0.15, -0.1) is 0 Å². The van der Waals surface area contributed by atoms with Crippen LogP contribution in [0.25, 0.3) is 0 Å². The Labute approximate surface area is 146 Å². The summed E-state index contributed by atoms with van der Waals surface area (Å²) in [6.07, 6.45) is 1.55. The van der Waals surface area contributed by atoms with Gasteiger partial charge in [0.25, 0.3) is 0 Å². The summed E-state index contributed by atoms with van der Waals surface area (Å²) in [5.41, 5.74) is 0.669. The second-order valence-corrected chi connectivity index (χ2v) is 6.85. The van der Waals surface area contributed by atoms with Gasteiger partial charge in [-0.1, -0.05) is 25.1 Å². The third kappa shape index (κ3) is 3.92. The molecular weight excluding hydrogens is 325 g/mol. The Hall–Kier alpha value is -2.15. The Balaban J connectivity index is 1.40. The van der Waals surface area contributed by atoms with Crippen molar-refractivity contribution in [3.63, 3.8) is 0 Å². The van der Waals surface area contributed by atoms with Gasteiger partial charge in [0.1, 0.15) is 5.82 Å². The number of carboxylic acid groups (broad SMARTS) is 1. The molecular formula is C18H24FN3O3. The molecule has 0 bridgehead atoms. The van der Waals surface area contributed by atoms with Crippen LogP contribution in [0.4, 0.5) is 9.18 Å². The van der Waals surface area contributed by atoms with E-state index in [-0.39, 0.29) is 36.4 Å². The zero-order chi connectivity index (χ0) is 18.0. The van der Waals surface area contributed by atoms with E-state index in [4.69, 9.17) is 5.11 Å². The largest absolute Gasteiger partial charge is 0.480 e. The molecule has 6 nitrogen and oxygen atoms in total. The molecule has 1 saturated heterocycles. The van der Waals surface area contributed by atoms with E-state index in [2.05, 4.69) is 5.32 Å². The van der Waals surface area contributed by atoms with E-state index in [9.17, 15) is 14.0 Å². The fourth-order valence-electron chi connectivity index (χ4n) is 3.59. The summed E-state index contributed by atoms with van der Waals surface area (Å²) in [5.74, 6) is -0.978. The highest BCUT2D eigenvalue weighted by Gasteiger charge is 2.38. The van der Waals surface area contributed by atoms with Gasteiger partial charge in [0.2, 0.25) is 0 Å². The molecule has 3 rings (SSSR count). The first-order chi connectivity index (χ1) is 12.0. The van der Waals surface area contributed by atoms with Gasteiger partial charge < -0.3 is 15.3 Å². The molecule has 1 aliphatic carbocycles. The molecule has 2 amide bonds. The van der Waals surface area contributed by atoms with Crippen LogP contribution in [0.3, 0.4) is 0 Å². The lowest BCUT2D eigenvalue weighted by Gasteiger charge is -2.45. The summed E-state index contributed by atoms with van der Waals surface area (Å²) in [6.45, 7) is 3.73. The number of aliphatic carboxylic acids is 1. The molecule has 0 spiro atoms. The molecule has 1 aromatic carbocycles. The highest BCUT2D eigenvalue weighted by molar-refractivity contribution is 5.76. The van der Waals surface area contributed by atoms with Gasteiger partial charge in [0.15, 0.2) is 0 Å². The van der Waals surface area contributed by atoms with E-state index in [0.717, 1.165) is 12.8 Å². The van der Waals surface area contributed by atoms with Gasteiger partial charge >= 0.3 is 12.0 Å². The fourth-order valence-corrected chi connectivity index (χ4v) is 3.59. The van der Waals surface area contributed by atoms with Crippen LogP contribution in [0.1, 0.15) is 31.2 Å². The van der Waals surface area contributed by atoms with E-state index in [1.807, 2.05) is 17.9 Å². The summed E-state index contributed by atoms with van der Waals surface area (Å²) >= 11 is 0. The second-order valence-electron chi connectivity index (χ2n) is 6.85. The minimum atomic E-state index is -0.825. The van der Waals surface area contributed by atoms with E-state index in [1.54, 1.807) is 17.0 Å². The summed E-state index contributed by atoms with van der Waals surface area (Å²) in [6, 6.07) is 6.89. The van der Waals surface area contributed by atoms with Gasteiger partial charge in [-0.05, 0) is 31.0 Å². The van der Waals surface area contributed by atoms with Gasteiger partial charge in [0.05, 0.1) is 6.54 Å². The monoisotopic (exact) mass is 349 g/mol. The number of hydrogen-bond acceptors (Lipinski definition) is 3. The first kappa shape index (κ1) is 17.7. The summed E-state index contributed by atoms with van der Waals surface area (Å²) in [4.78, 5) is 26.7. The van der Waals surface area contributed by atoms with Crippen LogP contribution in [-0.4, -0.2) is 65.2 Å². The SMILES string of the molecule is CCN(CC(=O)O)C1CC(NC(=O)N2CC(c3ccccc3F)C2)C1. The lowest BCUT2D eigenvalue weighted by atomic mass is 9.85. The van der Waals surface area contributed by atoms with Crippen LogP contribution in [0.15, 0.2) is 24.3 Å². The van der Waals surface area contributed by atoms with Crippen molar-refractivity contribution in [1.82, 2.24) is 15.1 Å². The van der Waals surface area contributed by atoms with Crippen LogP contribution in [0, 0.1) is 5.82 Å². The molecule has 1 aromatic rings. The molecule has 1 heterocycles. The van der Waals surface area contributed by atoms with Gasteiger partial charge in [-0.3, -0.25) is 9.69 Å². The normalized spacial score (nSPS) is 23.1. The first-order valence-electron chi connectivity index (χ1n) is 8.73. The van der Waals surface area contributed by atoms with Gasteiger partial charge in [-0.25, -0.2) is 9.18 Å².